The molecule has 0 fully saturated rings. The molecule has 0 aliphatic heterocycles. The molecule has 0 saturated carbocycles. The number of esters is 1. The average molecular weight is 490 g/mol. The van der Waals surface area contributed by atoms with E-state index in [1.54, 1.807) is 24.9 Å². The molecule has 0 aliphatic carbocycles. The van der Waals surface area contributed by atoms with Crippen molar-refractivity contribution < 1.29 is 14.3 Å². The standard InChI is InChI=1S/C28H31N3O3S/c1-3-34-28(33)23(15-17-35-2)30-27(32)24-18-22-21-13-7-8-14-25(21)31(26(22)19-29-24)16-9-12-20-10-5-4-6-11-20/h4-8,10-11,13-14,18-19,23H,3,9,12,15-17H2,1-2H3,(H,30,32)/t23-/m0/s1. The number of hydrogen-bond donors (Lipinski definition) is 1. The van der Waals surface area contributed by atoms with Crippen LogP contribution in [0.15, 0.2) is 66.9 Å². The summed E-state index contributed by atoms with van der Waals surface area (Å²) in [5.41, 5.74) is 3.74. The van der Waals surface area contributed by atoms with Crippen molar-refractivity contribution in [1.29, 1.82) is 0 Å². The lowest BCUT2D eigenvalue weighted by atomic mass is 10.1. The van der Waals surface area contributed by atoms with E-state index in [0.29, 0.717) is 12.1 Å². The first kappa shape index (κ1) is 24.8. The maximum Gasteiger partial charge on any atom is 0.328 e. The molecule has 4 rings (SSSR count). The lowest BCUT2D eigenvalue weighted by molar-refractivity contribution is -0.145. The van der Waals surface area contributed by atoms with Crippen LogP contribution in [-0.4, -0.2) is 46.1 Å². The van der Waals surface area contributed by atoms with Crippen molar-refractivity contribution in [2.75, 3.05) is 18.6 Å². The molecular formula is C28H31N3O3S. The first-order chi connectivity index (χ1) is 17.1. The van der Waals surface area contributed by atoms with Gasteiger partial charge in [-0.15, -0.1) is 0 Å². The smallest absolute Gasteiger partial charge is 0.328 e. The average Bonchev–Trinajstić information content (AvgIpc) is 3.20. The molecule has 1 amide bonds. The van der Waals surface area contributed by atoms with Gasteiger partial charge in [0.15, 0.2) is 0 Å². The molecule has 2 aromatic carbocycles. The molecule has 182 valence electrons. The lowest BCUT2D eigenvalue weighted by Crippen LogP contribution is -2.42. The van der Waals surface area contributed by atoms with Crippen LogP contribution in [0.1, 0.15) is 35.8 Å². The summed E-state index contributed by atoms with van der Waals surface area (Å²) in [6, 6.07) is 19.9. The molecule has 2 heterocycles. The third-order valence-corrected chi connectivity index (χ3v) is 6.71. The summed E-state index contributed by atoms with van der Waals surface area (Å²) < 4.78 is 7.43. The van der Waals surface area contributed by atoms with Gasteiger partial charge in [0.25, 0.3) is 5.91 Å². The van der Waals surface area contributed by atoms with Crippen LogP contribution in [0.4, 0.5) is 0 Å². The second-order valence-electron chi connectivity index (χ2n) is 8.40. The zero-order valence-corrected chi connectivity index (χ0v) is 21.0. The minimum absolute atomic E-state index is 0.276. The first-order valence-electron chi connectivity index (χ1n) is 12.0. The fourth-order valence-electron chi connectivity index (χ4n) is 4.36. The predicted molar refractivity (Wildman–Crippen MR) is 143 cm³/mol. The summed E-state index contributed by atoms with van der Waals surface area (Å²) >= 11 is 1.62. The quantitative estimate of drug-likeness (QED) is 0.292. The van der Waals surface area contributed by atoms with Crippen molar-refractivity contribution in [1.82, 2.24) is 14.9 Å². The highest BCUT2D eigenvalue weighted by molar-refractivity contribution is 7.98. The Labute approximate surface area is 210 Å². The van der Waals surface area contributed by atoms with Gasteiger partial charge in [0, 0.05) is 22.8 Å². The molecule has 2 aromatic heterocycles. The number of para-hydroxylation sites is 1. The van der Waals surface area contributed by atoms with Crippen LogP contribution in [-0.2, 0) is 22.5 Å². The van der Waals surface area contributed by atoms with Gasteiger partial charge in [0.05, 0.1) is 18.3 Å². The largest absolute Gasteiger partial charge is 0.464 e. The van der Waals surface area contributed by atoms with Crippen LogP contribution in [0.2, 0.25) is 0 Å². The Morgan fingerprint density at radius 3 is 2.60 bits per heavy atom. The number of thioether (sulfide) groups is 1. The third-order valence-electron chi connectivity index (χ3n) is 6.07. The van der Waals surface area contributed by atoms with E-state index < -0.39 is 12.0 Å². The lowest BCUT2D eigenvalue weighted by Gasteiger charge is -2.16. The van der Waals surface area contributed by atoms with Crippen LogP contribution < -0.4 is 5.32 Å². The molecule has 0 aliphatic rings. The normalized spacial score (nSPS) is 12.1. The van der Waals surface area contributed by atoms with Crippen molar-refractivity contribution in [2.24, 2.45) is 0 Å². The molecule has 0 bridgehead atoms. The van der Waals surface area contributed by atoms with Gasteiger partial charge in [0.2, 0.25) is 0 Å². The minimum Gasteiger partial charge on any atom is -0.464 e. The van der Waals surface area contributed by atoms with E-state index in [9.17, 15) is 9.59 Å². The number of hydrogen-bond acceptors (Lipinski definition) is 5. The van der Waals surface area contributed by atoms with Gasteiger partial charge in [-0.2, -0.15) is 11.8 Å². The summed E-state index contributed by atoms with van der Waals surface area (Å²) in [5.74, 6) is -0.0369. The van der Waals surface area contributed by atoms with Gasteiger partial charge >= 0.3 is 5.97 Å². The number of nitrogens with one attached hydrogen (secondary N) is 1. The SMILES string of the molecule is CCOC(=O)[C@H](CCSC)NC(=O)c1cc2c3ccccc3n(CCCc3ccccc3)c2cn1. The predicted octanol–water partition coefficient (Wildman–Crippen LogP) is 5.24. The summed E-state index contributed by atoms with van der Waals surface area (Å²) in [7, 11) is 0. The van der Waals surface area contributed by atoms with E-state index in [0.717, 1.165) is 46.9 Å². The number of nitrogens with zero attached hydrogens (tertiary/aromatic N) is 2. The van der Waals surface area contributed by atoms with Crippen LogP contribution in [0.25, 0.3) is 21.8 Å². The Balaban J connectivity index is 1.59. The molecular weight excluding hydrogens is 458 g/mol. The zero-order chi connectivity index (χ0) is 24.6. The minimum atomic E-state index is -0.688. The zero-order valence-electron chi connectivity index (χ0n) is 20.2. The van der Waals surface area contributed by atoms with Gasteiger partial charge in [-0.3, -0.25) is 4.79 Å². The van der Waals surface area contributed by atoms with E-state index in [1.165, 1.54) is 5.56 Å². The number of ether oxygens (including phenoxy) is 1. The van der Waals surface area contributed by atoms with E-state index >= 15 is 0 Å². The van der Waals surface area contributed by atoms with Crippen molar-refractivity contribution in [2.45, 2.75) is 38.8 Å². The van der Waals surface area contributed by atoms with E-state index in [1.807, 2.05) is 30.5 Å². The highest BCUT2D eigenvalue weighted by atomic mass is 32.2. The summed E-state index contributed by atoms with van der Waals surface area (Å²) in [5, 5.41) is 4.90. The van der Waals surface area contributed by atoms with Gasteiger partial charge in [-0.05, 0) is 55.9 Å². The van der Waals surface area contributed by atoms with Crippen LogP contribution in [0.5, 0.6) is 0 Å². The Kier molecular flexibility index (Phi) is 8.42. The van der Waals surface area contributed by atoms with E-state index in [2.05, 4.69) is 51.3 Å². The Hall–Kier alpha value is -3.32. The van der Waals surface area contributed by atoms with Gasteiger partial charge in [-0.25, -0.2) is 9.78 Å². The third kappa shape index (κ3) is 5.85. The maximum absolute atomic E-state index is 13.0. The fraction of sp³-hybridized carbons (Fsp3) is 0.321. The van der Waals surface area contributed by atoms with Gasteiger partial charge in [-0.1, -0.05) is 48.5 Å². The second-order valence-corrected chi connectivity index (χ2v) is 9.39. The second kappa shape index (κ2) is 11.9. The van der Waals surface area contributed by atoms with Crippen molar-refractivity contribution in [3.63, 3.8) is 0 Å². The molecule has 35 heavy (non-hydrogen) atoms. The molecule has 1 atom stereocenters. The fourth-order valence-corrected chi connectivity index (χ4v) is 4.83. The Morgan fingerprint density at radius 2 is 1.83 bits per heavy atom. The highest BCUT2D eigenvalue weighted by Gasteiger charge is 2.23. The number of fused-ring (bicyclic) bond motifs is 3. The van der Waals surface area contributed by atoms with Crippen molar-refractivity contribution >= 4 is 45.4 Å². The Bertz CT molecular complexity index is 1300. The number of pyridine rings is 1. The molecule has 0 saturated heterocycles. The maximum atomic E-state index is 13.0. The van der Waals surface area contributed by atoms with E-state index in [4.69, 9.17) is 4.74 Å². The number of carbonyl (C=O) groups excluding carboxylic acids is 2. The van der Waals surface area contributed by atoms with Crippen LogP contribution >= 0.6 is 11.8 Å². The van der Waals surface area contributed by atoms with Crippen molar-refractivity contribution in [3.05, 3.63) is 78.1 Å². The number of amides is 1. The number of aryl methyl sites for hydroxylation is 2. The molecule has 0 spiro atoms. The van der Waals surface area contributed by atoms with Crippen molar-refractivity contribution in [3.8, 4) is 0 Å². The summed E-state index contributed by atoms with van der Waals surface area (Å²) in [6.45, 7) is 2.89. The molecule has 0 unspecified atom stereocenters. The van der Waals surface area contributed by atoms with E-state index in [-0.39, 0.29) is 12.5 Å². The molecule has 1 N–H and O–H groups in total. The number of carbonyl (C=O) groups is 2. The molecule has 4 aromatic rings. The molecule has 7 heteroatoms. The van der Waals surface area contributed by atoms with Gasteiger partial charge in [0.1, 0.15) is 11.7 Å². The number of benzene rings is 2. The van der Waals surface area contributed by atoms with Crippen LogP contribution in [0.3, 0.4) is 0 Å². The summed E-state index contributed by atoms with van der Waals surface area (Å²) in [4.78, 5) is 29.9. The van der Waals surface area contributed by atoms with Gasteiger partial charge < -0.3 is 14.6 Å². The first-order valence-corrected chi connectivity index (χ1v) is 13.4. The topological polar surface area (TPSA) is 73.2 Å². The number of aromatic nitrogens is 2. The summed E-state index contributed by atoms with van der Waals surface area (Å²) in [6.07, 6.45) is 6.24. The monoisotopic (exact) mass is 489 g/mol. The van der Waals surface area contributed by atoms with Crippen LogP contribution in [0, 0.1) is 0 Å². The Morgan fingerprint density at radius 1 is 1.06 bits per heavy atom. The number of rotatable bonds is 11. The highest BCUT2D eigenvalue weighted by Crippen LogP contribution is 2.29. The molecule has 0 radical (unpaired) electrons. The molecule has 6 nitrogen and oxygen atoms in total.